The van der Waals surface area contributed by atoms with Crippen LogP contribution in [0.4, 0.5) is 0 Å². The van der Waals surface area contributed by atoms with Crippen LogP contribution in [0.5, 0.6) is 0 Å². The average Bonchev–Trinajstić information content (AvgIpc) is 3.16. The van der Waals surface area contributed by atoms with Crippen molar-refractivity contribution in [3.8, 4) is 11.3 Å². The lowest BCUT2D eigenvalue weighted by molar-refractivity contribution is 0.233. The molecular formula is C23H25N7. The molecule has 152 valence electrons. The van der Waals surface area contributed by atoms with Gasteiger partial charge in [0.1, 0.15) is 11.6 Å². The van der Waals surface area contributed by atoms with Crippen molar-refractivity contribution in [2.45, 2.75) is 19.9 Å². The van der Waals surface area contributed by atoms with Crippen LogP contribution in [0.2, 0.25) is 0 Å². The van der Waals surface area contributed by atoms with Gasteiger partial charge < -0.3 is 10.3 Å². The van der Waals surface area contributed by atoms with Gasteiger partial charge in [0.05, 0.1) is 16.7 Å². The summed E-state index contributed by atoms with van der Waals surface area (Å²) < 4.78 is 0. The lowest BCUT2D eigenvalue weighted by Crippen LogP contribution is -2.42. The first-order valence-corrected chi connectivity index (χ1v) is 10.4. The molecule has 4 aromatic rings. The van der Waals surface area contributed by atoms with Crippen LogP contribution >= 0.6 is 0 Å². The standard InChI is InChI=1S/C23H25N7/c1-16-25-7-5-20(27-16)18-2-3-21-22(13-18)29-23(28-21)14-19-12-17(4-6-26-19)15-30-10-8-24-9-11-30/h2-7,12-13,24H,8-11,14-15H2,1H3,(H,28,29). The maximum Gasteiger partial charge on any atom is 0.125 e. The van der Waals surface area contributed by atoms with Crippen LogP contribution < -0.4 is 5.32 Å². The highest BCUT2D eigenvalue weighted by Gasteiger charge is 2.11. The SMILES string of the molecule is Cc1nccc(-c2ccc3nc(Cc4cc(CN5CCNCC5)ccn4)[nH]c3c2)n1. The van der Waals surface area contributed by atoms with E-state index in [0.29, 0.717) is 6.42 Å². The maximum absolute atomic E-state index is 4.76. The molecule has 7 nitrogen and oxygen atoms in total. The molecule has 1 aromatic carbocycles. The molecule has 1 saturated heterocycles. The molecule has 2 N–H and O–H groups in total. The van der Waals surface area contributed by atoms with E-state index < -0.39 is 0 Å². The first-order valence-electron chi connectivity index (χ1n) is 10.4. The number of benzene rings is 1. The fraction of sp³-hybridized carbons (Fsp3) is 0.304. The number of imidazole rings is 1. The molecule has 0 bridgehead atoms. The largest absolute Gasteiger partial charge is 0.342 e. The molecule has 7 heteroatoms. The molecule has 5 rings (SSSR count). The predicted molar refractivity (Wildman–Crippen MR) is 117 cm³/mol. The van der Waals surface area contributed by atoms with Crippen LogP contribution in [0.1, 0.15) is 22.9 Å². The highest BCUT2D eigenvalue weighted by molar-refractivity contribution is 5.81. The minimum Gasteiger partial charge on any atom is -0.342 e. The Hall–Kier alpha value is -3.16. The van der Waals surface area contributed by atoms with Crippen molar-refractivity contribution in [2.75, 3.05) is 26.2 Å². The van der Waals surface area contributed by atoms with Crippen molar-refractivity contribution in [1.29, 1.82) is 0 Å². The number of hydrogen-bond acceptors (Lipinski definition) is 6. The predicted octanol–water partition coefficient (Wildman–Crippen LogP) is 2.72. The number of fused-ring (bicyclic) bond motifs is 1. The summed E-state index contributed by atoms with van der Waals surface area (Å²) in [5, 5.41) is 3.40. The van der Waals surface area contributed by atoms with Gasteiger partial charge in [-0.1, -0.05) is 6.07 Å². The van der Waals surface area contributed by atoms with Gasteiger partial charge in [0.2, 0.25) is 0 Å². The summed E-state index contributed by atoms with van der Waals surface area (Å²) in [7, 11) is 0. The summed E-state index contributed by atoms with van der Waals surface area (Å²) in [6, 6.07) is 12.4. The summed E-state index contributed by atoms with van der Waals surface area (Å²) in [6.45, 7) is 7.19. The molecular weight excluding hydrogens is 374 g/mol. The Kier molecular flexibility index (Phi) is 5.21. The Morgan fingerprint density at radius 2 is 1.83 bits per heavy atom. The normalized spacial score (nSPS) is 15.0. The molecule has 0 radical (unpaired) electrons. The number of aryl methyl sites for hydroxylation is 1. The maximum atomic E-state index is 4.76. The van der Waals surface area contributed by atoms with Gasteiger partial charge in [0.25, 0.3) is 0 Å². The zero-order valence-electron chi connectivity index (χ0n) is 17.1. The van der Waals surface area contributed by atoms with Crippen molar-refractivity contribution >= 4 is 11.0 Å². The second kappa shape index (κ2) is 8.30. The van der Waals surface area contributed by atoms with E-state index in [2.05, 4.69) is 54.4 Å². The molecule has 0 amide bonds. The number of nitrogens with zero attached hydrogens (tertiary/aromatic N) is 5. The first-order chi connectivity index (χ1) is 14.7. The van der Waals surface area contributed by atoms with E-state index >= 15 is 0 Å². The third-order valence-corrected chi connectivity index (χ3v) is 5.45. The molecule has 0 saturated carbocycles. The molecule has 3 aromatic heterocycles. The van der Waals surface area contributed by atoms with Gasteiger partial charge >= 0.3 is 0 Å². The highest BCUT2D eigenvalue weighted by Crippen LogP contribution is 2.22. The van der Waals surface area contributed by atoms with E-state index in [0.717, 1.165) is 72.4 Å². The van der Waals surface area contributed by atoms with Crippen molar-refractivity contribution in [1.82, 2.24) is 35.1 Å². The van der Waals surface area contributed by atoms with Crippen molar-refractivity contribution in [2.24, 2.45) is 0 Å². The topological polar surface area (TPSA) is 82.6 Å². The van der Waals surface area contributed by atoms with Crippen molar-refractivity contribution < 1.29 is 0 Å². The van der Waals surface area contributed by atoms with Gasteiger partial charge in [-0.3, -0.25) is 9.88 Å². The minimum atomic E-state index is 0.687. The monoisotopic (exact) mass is 399 g/mol. The van der Waals surface area contributed by atoms with Crippen LogP contribution in [0, 0.1) is 6.92 Å². The van der Waals surface area contributed by atoms with Crippen molar-refractivity contribution in [3.05, 3.63) is 71.7 Å². The lowest BCUT2D eigenvalue weighted by Gasteiger charge is -2.27. The quantitative estimate of drug-likeness (QED) is 0.537. The van der Waals surface area contributed by atoms with Gasteiger partial charge in [-0.05, 0) is 42.8 Å². The number of H-pyrrole nitrogens is 1. The molecule has 30 heavy (non-hydrogen) atoms. The fourth-order valence-electron chi connectivity index (χ4n) is 3.94. The van der Waals surface area contributed by atoms with Crippen LogP contribution in [0.25, 0.3) is 22.3 Å². The third-order valence-electron chi connectivity index (χ3n) is 5.45. The molecule has 1 aliphatic rings. The second-order valence-electron chi connectivity index (χ2n) is 7.76. The molecule has 0 spiro atoms. The Balaban J connectivity index is 1.34. The Bertz CT molecular complexity index is 1160. The Labute approximate surface area is 175 Å². The zero-order chi connectivity index (χ0) is 20.3. The van der Waals surface area contributed by atoms with Gasteiger partial charge in [0, 0.05) is 62.8 Å². The fourth-order valence-corrected chi connectivity index (χ4v) is 3.94. The van der Waals surface area contributed by atoms with E-state index in [1.807, 2.05) is 25.3 Å². The number of aromatic nitrogens is 5. The van der Waals surface area contributed by atoms with Crippen LogP contribution in [-0.4, -0.2) is 56.0 Å². The number of piperazine rings is 1. The van der Waals surface area contributed by atoms with Crippen LogP contribution in [-0.2, 0) is 13.0 Å². The molecule has 0 unspecified atom stereocenters. The van der Waals surface area contributed by atoms with Crippen molar-refractivity contribution in [3.63, 3.8) is 0 Å². The summed E-state index contributed by atoms with van der Waals surface area (Å²) in [5.41, 5.74) is 6.28. The van der Waals surface area contributed by atoms with E-state index in [-0.39, 0.29) is 0 Å². The molecule has 0 atom stereocenters. The zero-order valence-corrected chi connectivity index (χ0v) is 17.1. The van der Waals surface area contributed by atoms with E-state index in [1.54, 1.807) is 6.20 Å². The highest BCUT2D eigenvalue weighted by atomic mass is 15.2. The first kappa shape index (κ1) is 18.8. The number of nitrogens with one attached hydrogen (secondary N) is 2. The van der Waals surface area contributed by atoms with E-state index in [9.17, 15) is 0 Å². The Morgan fingerprint density at radius 3 is 2.70 bits per heavy atom. The summed E-state index contributed by atoms with van der Waals surface area (Å²) in [4.78, 5) is 24.0. The molecule has 0 aliphatic carbocycles. The van der Waals surface area contributed by atoms with E-state index in [1.165, 1.54) is 5.56 Å². The number of hydrogen-bond donors (Lipinski definition) is 2. The van der Waals surface area contributed by atoms with Gasteiger partial charge in [-0.2, -0.15) is 0 Å². The number of aromatic amines is 1. The van der Waals surface area contributed by atoms with Gasteiger partial charge in [-0.25, -0.2) is 15.0 Å². The number of rotatable bonds is 5. The molecule has 4 heterocycles. The third kappa shape index (κ3) is 4.22. The summed E-state index contributed by atoms with van der Waals surface area (Å²) >= 11 is 0. The van der Waals surface area contributed by atoms with E-state index in [4.69, 9.17) is 4.98 Å². The summed E-state index contributed by atoms with van der Waals surface area (Å²) in [5.74, 6) is 1.69. The number of pyridine rings is 1. The lowest BCUT2D eigenvalue weighted by atomic mass is 10.1. The summed E-state index contributed by atoms with van der Waals surface area (Å²) in [6.07, 6.45) is 4.39. The average molecular weight is 400 g/mol. The molecule has 1 aliphatic heterocycles. The minimum absolute atomic E-state index is 0.687. The van der Waals surface area contributed by atoms with Gasteiger partial charge in [-0.15, -0.1) is 0 Å². The smallest absolute Gasteiger partial charge is 0.125 e. The van der Waals surface area contributed by atoms with Crippen LogP contribution in [0.3, 0.4) is 0 Å². The van der Waals surface area contributed by atoms with Crippen LogP contribution in [0.15, 0.2) is 48.8 Å². The Morgan fingerprint density at radius 1 is 0.967 bits per heavy atom. The molecule has 1 fully saturated rings. The second-order valence-corrected chi connectivity index (χ2v) is 7.76. The van der Waals surface area contributed by atoms with Gasteiger partial charge in [0.15, 0.2) is 0 Å².